The fourth-order valence-corrected chi connectivity index (χ4v) is 2.04. The van der Waals surface area contributed by atoms with Crippen LogP contribution in [0.1, 0.15) is 48.1 Å². The van der Waals surface area contributed by atoms with Crippen molar-refractivity contribution in [3.8, 4) is 0 Å². The minimum Gasteiger partial charge on any atom is -0.389 e. The van der Waals surface area contributed by atoms with E-state index in [9.17, 15) is 9.90 Å². The van der Waals surface area contributed by atoms with Crippen molar-refractivity contribution in [2.24, 2.45) is 0 Å². The zero-order chi connectivity index (χ0) is 14.5. The molecule has 1 atom stereocenters. The molecule has 0 radical (unpaired) electrons. The number of amides is 1. The molecular weight excluding hydrogens is 254 g/mol. The maximum absolute atomic E-state index is 12.1. The lowest BCUT2D eigenvalue weighted by Gasteiger charge is -2.12. The molecule has 3 N–H and O–H groups in total. The first-order chi connectivity index (χ1) is 9.61. The molecule has 1 unspecified atom stereocenters. The summed E-state index contributed by atoms with van der Waals surface area (Å²) in [6, 6.07) is 8.94. The molecule has 106 valence electrons. The first-order valence-corrected chi connectivity index (χ1v) is 6.74. The number of carbonyl (C=O) groups excluding carboxylic acids is 1. The molecule has 0 aliphatic heterocycles. The number of aliphatic hydroxyl groups is 1. The van der Waals surface area contributed by atoms with Crippen LogP contribution in [-0.2, 0) is 6.42 Å². The van der Waals surface area contributed by atoms with Crippen molar-refractivity contribution < 1.29 is 9.90 Å². The number of aryl methyl sites for hydroxylation is 1. The van der Waals surface area contributed by atoms with Crippen molar-refractivity contribution in [3.05, 3.63) is 47.3 Å². The second-order valence-electron chi connectivity index (χ2n) is 4.75. The minimum atomic E-state index is -0.638. The number of aliphatic hydroxyl groups excluding tert-OH is 1. The number of H-pyrrole nitrogens is 1. The predicted octanol–water partition coefficient (Wildman–Crippen LogP) is 2.67. The van der Waals surface area contributed by atoms with Crippen LogP contribution in [-0.4, -0.2) is 21.2 Å². The second kappa shape index (κ2) is 6.34. The van der Waals surface area contributed by atoms with E-state index < -0.39 is 6.10 Å². The third kappa shape index (κ3) is 3.24. The van der Waals surface area contributed by atoms with Gasteiger partial charge in [-0.2, -0.15) is 5.10 Å². The molecule has 0 aliphatic carbocycles. The van der Waals surface area contributed by atoms with Gasteiger partial charge in [-0.1, -0.05) is 31.5 Å². The van der Waals surface area contributed by atoms with Gasteiger partial charge in [0.05, 0.1) is 6.10 Å². The van der Waals surface area contributed by atoms with Crippen LogP contribution in [0.5, 0.6) is 0 Å². The van der Waals surface area contributed by atoms with E-state index in [2.05, 4.69) is 22.4 Å². The molecule has 0 fully saturated rings. The Balaban J connectivity index is 2.15. The molecule has 1 aromatic carbocycles. The van der Waals surface area contributed by atoms with Crippen LogP contribution in [0.3, 0.4) is 0 Å². The number of benzene rings is 1. The number of nitrogens with zero attached hydrogens (tertiary/aromatic N) is 1. The molecule has 1 amide bonds. The van der Waals surface area contributed by atoms with Gasteiger partial charge in [-0.3, -0.25) is 9.89 Å². The van der Waals surface area contributed by atoms with Crippen LogP contribution in [0.2, 0.25) is 0 Å². The fourth-order valence-electron chi connectivity index (χ4n) is 2.04. The van der Waals surface area contributed by atoms with E-state index in [0.29, 0.717) is 16.9 Å². The molecule has 5 heteroatoms. The monoisotopic (exact) mass is 273 g/mol. The second-order valence-corrected chi connectivity index (χ2v) is 4.75. The van der Waals surface area contributed by atoms with E-state index in [0.717, 1.165) is 18.5 Å². The highest BCUT2D eigenvalue weighted by atomic mass is 16.3. The smallest absolute Gasteiger partial charge is 0.276 e. The third-order valence-electron chi connectivity index (χ3n) is 3.04. The van der Waals surface area contributed by atoms with Crippen LogP contribution in [0.4, 0.5) is 5.69 Å². The van der Waals surface area contributed by atoms with Gasteiger partial charge in [0.15, 0.2) is 5.69 Å². The lowest BCUT2D eigenvalue weighted by molar-refractivity contribution is 0.102. The zero-order valence-electron chi connectivity index (χ0n) is 11.7. The summed E-state index contributed by atoms with van der Waals surface area (Å²) in [5, 5.41) is 19.3. The molecule has 5 nitrogen and oxygen atoms in total. The molecular formula is C15H19N3O2. The van der Waals surface area contributed by atoms with Crippen LogP contribution in [0, 0.1) is 0 Å². The molecule has 0 spiro atoms. The Bertz CT molecular complexity index is 590. The van der Waals surface area contributed by atoms with Crippen molar-refractivity contribution in [1.29, 1.82) is 0 Å². The number of nitrogens with one attached hydrogen (secondary N) is 2. The highest BCUT2D eigenvalue weighted by Gasteiger charge is 2.14. The molecule has 0 aliphatic rings. The Kier molecular flexibility index (Phi) is 4.53. The molecule has 0 saturated carbocycles. The van der Waals surface area contributed by atoms with Crippen molar-refractivity contribution in [1.82, 2.24) is 10.2 Å². The van der Waals surface area contributed by atoms with Gasteiger partial charge >= 0.3 is 0 Å². The zero-order valence-corrected chi connectivity index (χ0v) is 11.7. The van der Waals surface area contributed by atoms with Gasteiger partial charge in [0.25, 0.3) is 5.91 Å². The number of aromatic amines is 1. The Morgan fingerprint density at radius 3 is 2.90 bits per heavy atom. The summed E-state index contributed by atoms with van der Waals surface area (Å²) in [4.78, 5) is 12.1. The van der Waals surface area contributed by atoms with Crippen LogP contribution < -0.4 is 5.32 Å². The van der Waals surface area contributed by atoms with Gasteiger partial charge in [0.2, 0.25) is 0 Å². The summed E-state index contributed by atoms with van der Waals surface area (Å²) in [5.41, 5.74) is 2.59. The summed E-state index contributed by atoms with van der Waals surface area (Å²) in [5.74, 6) is -0.281. The van der Waals surface area contributed by atoms with E-state index in [1.165, 1.54) is 0 Å². The molecule has 2 rings (SSSR count). The average molecular weight is 273 g/mol. The fraction of sp³-hybridized carbons (Fsp3) is 0.333. The quantitative estimate of drug-likeness (QED) is 0.783. The highest BCUT2D eigenvalue weighted by molar-refractivity contribution is 6.03. The molecule has 1 heterocycles. The minimum absolute atomic E-state index is 0.281. The maximum atomic E-state index is 12.1. The van der Waals surface area contributed by atoms with E-state index in [-0.39, 0.29) is 5.91 Å². The Hall–Kier alpha value is -2.14. The molecule has 2 aromatic rings. The Morgan fingerprint density at radius 2 is 2.20 bits per heavy atom. The Labute approximate surface area is 118 Å². The summed E-state index contributed by atoms with van der Waals surface area (Å²) < 4.78 is 0. The number of hydrogen-bond donors (Lipinski definition) is 3. The lowest BCUT2D eigenvalue weighted by atomic mass is 10.1. The number of para-hydroxylation sites is 1. The summed E-state index contributed by atoms with van der Waals surface area (Å²) in [7, 11) is 0. The van der Waals surface area contributed by atoms with Crippen LogP contribution >= 0.6 is 0 Å². The van der Waals surface area contributed by atoms with Gasteiger partial charge in [-0.25, -0.2) is 0 Å². The van der Waals surface area contributed by atoms with Crippen molar-refractivity contribution in [2.45, 2.75) is 32.8 Å². The maximum Gasteiger partial charge on any atom is 0.276 e. The van der Waals surface area contributed by atoms with E-state index in [4.69, 9.17) is 0 Å². The molecule has 1 aromatic heterocycles. The largest absolute Gasteiger partial charge is 0.389 e. The Morgan fingerprint density at radius 1 is 1.45 bits per heavy atom. The topological polar surface area (TPSA) is 78.0 Å². The van der Waals surface area contributed by atoms with Crippen molar-refractivity contribution in [3.63, 3.8) is 0 Å². The van der Waals surface area contributed by atoms with E-state index in [1.54, 1.807) is 25.1 Å². The van der Waals surface area contributed by atoms with Crippen molar-refractivity contribution >= 4 is 11.6 Å². The third-order valence-corrected chi connectivity index (χ3v) is 3.04. The van der Waals surface area contributed by atoms with Gasteiger partial charge in [-0.15, -0.1) is 0 Å². The van der Waals surface area contributed by atoms with E-state index in [1.807, 2.05) is 12.1 Å². The number of rotatable bonds is 5. The number of hydrogen-bond acceptors (Lipinski definition) is 3. The SMILES string of the molecule is CCCc1cc(C(=O)Nc2ccccc2C(C)O)n[nH]1. The van der Waals surface area contributed by atoms with Gasteiger partial charge in [0.1, 0.15) is 0 Å². The van der Waals surface area contributed by atoms with Crippen LogP contribution in [0.15, 0.2) is 30.3 Å². The van der Waals surface area contributed by atoms with E-state index >= 15 is 0 Å². The summed E-state index contributed by atoms with van der Waals surface area (Å²) in [6.45, 7) is 3.73. The first kappa shape index (κ1) is 14.3. The lowest BCUT2D eigenvalue weighted by Crippen LogP contribution is -2.14. The van der Waals surface area contributed by atoms with Crippen molar-refractivity contribution in [2.75, 3.05) is 5.32 Å². The summed E-state index contributed by atoms with van der Waals surface area (Å²) in [6.07, 6.45) is 1.22. The molecule has 0 bridgehead atoms. The number of anilines is 1. The summed E-state index contributed by atoms with van der Waals surface area (Å²) >= 11 is 0. The standard InChI is InChI=1S/C15H19N3O2/c1-3-6-11-9-14(18-17-11)15(20)16-13-8-5-4-7-12(13)10(2)19/h4-5,7-10,19H,3,6H2,1-2H3,(H,16,20)(H,17,18). The average Bonchev–Trinajstić information content (AvgIpc) is 2.88. The first-order valence-electron chi connectivity index (χ1n) is 6.74. The van der Waals surface area contributed by atoms with Crippen LogP contribution in [0.25, 0.3) is 0 Å². The number of carbonyl (C=O) groups is 1. The van der Waals surface area contributed by atoms with Gasteiger partial charge in [0, 0.05) is 16.9 Å². The normalized spacial score (nSPS) is 12.2. The predicted molar refractivity (Wildman–Crippen MR) is 77.6 cm³/mol. The molecule has 0 saturated heterocycles. The number of aromatic nitrogens is 2. The highest BCUT2D eigenvalue weighted by Crippen LogP contribution is 2.22. The van der Waals surface area contributed by atoms with Gasteiger partial charge < -0.3 is 10.4 Å². The molecule has 20 heavy (non-hydrogen) atoms. The van der Waals surface area contributed by atoms with Gasteiger partial charge in [-0.05, 0) is 25.5 Å².